The average molecular weight is 437 g/mol. The second-order valence-electron chi connectivity index (χ2n) is 7.88. The molecule has 1 fully saturated rings. The Morgan fingerprint density at radius 3 is 2.52 bits per heavy atom. The molecule has 0 aliphatic carbocycles. The number of hydrogen-bond acceptors (Lipinski definition) is 6. The van der Waals surface area contributed by atoms with Crippen LogP contribution in [0.15, 0.2) is 48.7 Å². The number of piperidine rings is 1. The number of likely N-dealkylation sites (tertiary alicyclic amines) is 1. The van der Waals surface area contributed by atoms with Gasteiger partial charge < -0.3 is 14.3 Å². The van der Waals surface area contributed by atoms with Gasteiger partial charge in [0, 0.05) is 29.2 Å². The van der Waals surface area contributed by atoms with Crippen LogP contribution < -0.4 is 9.47 Å². The predicted molar refractivity (Wildman–Crippen MR) is 124 cm³/mol. The third-order valence-corrected chi connectivity index (χ3v) is 6.88. The lowest BCUT2D eigenvalue weighted by Crippen LogP contribution is -2.42. The standard InChI is InChI=1S/C25H28N2O3S/c1-17-14-26-25(31-17)19-8-4-7-18(13-19)15-27-20(16-28)9-5-10-21(27)24-22(29-2)11-6-12-23(24)30-3/h4,6-8,11-14,16,20-21H,5,9-10,15H2,1-3H3. The molecule has 1 saturated heterocycles. The van der Waals surface area contributed by atoms with E-state index in [9.17, 15) is 4.79 Å². The lowest BCUT2D eigenvalue weighted by molar-refractivity contribution is -0.115. The fraction of sp³-hybridized carbons (Fsp3) is 0.360. The molecule has 0 bridgehead atoms. The van der Waals surface area contributed by atoms with Crippen LogP contribution in [0.5, 0.6) is 11.5 Å². The first-order valence-corrected chi connectivity index (χ1v) is 11.4. The molecule has 2 unspecified atom stereocenters. The average Bonchev–Trinajstić information content (AvgIpc) is 3.25. The van der Waals surface area contributed by atoms with Crippen LogP contribution in [0.4, 0.5) is 0 Å². The van der Waals surface area contributed by atoms with Crippen molar-refractivity contribution in [2.45, 2.75) is 44.8 Å². The van der Waals surface area contributed by atoms with Crippen molar-refractivity contribution in [3.63, 3.8) is 0 Å². The number of aromatic nitrogens is 1. The van der Waals surface area contributed by atoms with Crippen molar-refractivity contribution in [3.8, 4) is 22.1 Å². The summed E-state index contributed by atoms with van der Waals surface area (Å²) >= 11 is 1.69. The van der Waals surface area contributed by atoms with Crippen molar-refractivity contribution >= 4 is 17.6 Å². The Bertz CT molecular complexity index is 1030. The fourth-order valence-electron chi connectivity index (χ4n) is 4.48. The van der Waals surface area contributed by atoms with Crippen LogP contribution in [0.2, 0.25) is 0 Å². The molecule has 1 aliphatic rings. The van der Waals surface area contributed by atoms with Crippen LogP contribution in [0, 0.1) is 6.92 Å². The van der Waals surface area contributed by atoms with Crippen molar-refractivity contribution in [2.75, 3.05) is 14.2 Å². The summed E-state index contributed by atoms with van der Waals surface area (Å²) in [5.74, 6) is 1.60. The maximum atomic E-state index is 12.0. The van der Waals surface area contributed by atoms with Crippen molar-refractivity contribution in [1.82, 2.24) is 9.88 Å². The van der Waals surface area contributed by atoms with Crippen LogP contribution in [-0.2, 0) is 11.3 Å². The summed E-state index contributed by atoms with van der Waals surface area (Å²) in [5.41, 5.74) is 3.30. The summed E-state index contributed by atoms with van der Waals surface area (Å²) in [7, 11) is 3.37. The molecule has 1 aliphatic heterocycles. The highest BCUT2D eigenvalue weighted by Crippen LogP contribution is 2.43. The highest BCUT2D eigenvalue weighted by atomic mass is 32.1. The van der Waals surface area contributed by atoms with E-state index in [0.29, 0.717) is 6.54 Å². The number of rotatable bonds is 7. The zero-order valence-electron chi connectivity index (χ0n) is 18.2. The molecule has 0 spiro atoms. The van der Waals surface area contributed by atoms with Gasteiger partial charge in [-0.25, -0.2) is 4.98 Å². The number of hydrogen-bond donors (Lipinski definition) is 0. The second kappa shape index (κ2) is 9.62. The van der Waals surface area contributed by atoms with E-state index in [2.05, 4.69) is 41.1 Å². The number of benzene rings is 2. The molecule has 2 heterocycles. The first-order valence-electron chi connectivity index (χ1n) is 10.6. The van der Waals surface area contributed by atoms with Crippen LogP contribution in [0.3, 0.4) is 0 Å². The molecule has 0 N–H and O–H groups in total. The molecule has 4 rings (SSSR count). The van der Waals surface area contributed by atoms with Gasteiger partial charge in [-0.3, -0.25) is 4.90 Å². The minimum Gasteiger partial charge on any atom is -0.496 e. The Morgan fingerprint density at radius 2 is 1.87 bits per heavy atom. The first-order chi connectivity index (χ1) is 15.1. The lowest BCUT2D eigenvalue weighted by Gasteiger charge is -2.41. The Balaban J connectivity index is 1.70. The summed E-state index contributed by atoms with van der Waals surface area (Å²) in [5, 5.41) is 1.02. The third kappa shape index (κ3) is 4.50. The van der Waals surface area contributed by atoms with Gasteiger partial charge in [0.15, 0.2) is 0 Å². The Hall–Kier alpha value is -2.70. The van der Waals surface area contributed by atoms with E-state index >= 15 is 0 Å². The van der Waals surface area contributed by atoms with Gasteiger partial charge >= 0.3 is 0 Å². The second-order valence-corrected chi connectivity index (χ2v) is 9.11. The minimum absolute atomic E-state index is 0.0424. The Labute approximate surface area is 187 Å². The first kappa shape index (κ1) is 21.5. The molecule has 0 radical (unpaired) electrons. The lowest BCUT2D eigenvalue weighted by atomic mass is 9.89. The summed E-state index contributed by atoms with van der Waals surface area (Å²) in [4.78, 5) is 20.0. The van der Waals surface area contributed by atoms with E-state index in [-0.39, 0.29) is 12.1 Å². The molecule has 162 valence electrons. The molecule has 2 atom stereocenters. The maximum Gasteiger partial charge on any atom is 0.137 e. The summed E-state index contributed by atoms with van der Waals surface area (Å²) < 4.78 is 11.4. The van der Waals surface area contributed by atoms with Gasteiger partial charge in [-0.15, -0.1) is 11.3 Å². The van der Waals surface area contributed by atoms with Crippen molar-refractivity contribution in [2.24, 2.45) is 0 Å². The Morgan fingerprint density at radius 1 is 1.13 bits per heavy atom. The minimum atomic E-state index is -0.140. The Kier molecular flexibility index (Phi) is 6.68. The zero-order chi connectivity index (χ0) is 21.8. The summed E-state index contributed by atoms with van der Waals surface area (Å²) in [6.07, 6.45) is 5.80. The highest BCUT2D eigenvalue weighted by molar-refractivity contribution is 7.14. The van der Waals surface area contributed by atoms with E-state index in [1.54, 1.807) is 25.6 Å². The van der Waals surface area contributed by atoms with Gasteiger partial charge in [-0.2, -0.15) is 0 Å². The van der Waals surface area contributed by atoms with Gasteiger partial charge in [-0.05, 0) is 49.9 Å². The molecule has 0 saturated carbocycles. The van der Waals surface area contributed by atoms with Crippen LogP contribution >= 0.6 is 11.3 Å². The van der Waals surface area contributed by atoms with Crippen molar-refractivity contribution in [3.05, 3.63) is 64.7 Å². The topological polar surface area (TPSA) is 51.7 Å². The third-order valence-electron chi connectivity index (χ3n) is 5.92. The van der Waals surface area contributed by atoms with Crippen LogP contribution in [0.1, 0.15) is 41.3 Å². The SMILES string of the molecule is COc1cccc(OC)c1C1CCCC(C=O)N1Cc1cccc(-c2ncc(C)s2)c1. The van der Waals surface area contributed by atoms with E-state index in [4.69, 9.17) is 9.47 Å². The molecule has 3 aromatic rings. The predicted octanol–water partition coefficient (Wildman–Crippen LogP) is 5.43. The largest absolute Gasteiger partial charge is 0.496 e. The van der Waals surface area contributed by atoms with Gasteiger partial charge in [0.25, 0.3) is 0 Å². The van der Waals surface area contributed by atoms with E-state index in [0.717, 1.165) is 58.7 Å². The van der Waals surface area contributed by atoms with Gasteiger partial charge in [0.05, 0.1) is 25.8 Å². The maximum absolute atomic E-state index is 12.0. The number of carbonyl (C=O) groups excluding carboxylic acids is 1. The number of methoxy groups -OCH3 is 2. The molecule has 2 aromatic carbocycles. The normalized spacial score (nSPS) is 19.2. The summed E-state index contributed by atoms with van der Waals surface area (Å²) in [6, 6.07) is 14.2. The monoisotopic (exact) mass is 436 g/mol. The number of nitrogens with zero attached hydrogens (tertiary/aromatic N) is 2. The summed E-state index contributed by atoms with van der Waals surface area (Å²) in [6.45, 7) is 2.74. The van der Waals surface area contributed by atoms with E-state index in [1.807, 2.05) is 24.4 Å². The smallest absolute Gasteiger partial charge is 0.137 e. The van der Waals surface area contributed by atoms with Crippen molar-refractivity contribution < 1.29 is 14.3 Å². The van der Waals surface area contributed by atoms with Crippen molar-refractivity contribution in [1.29, 1.82) is 0 Å². The molecule has 31 heavy (non-hydrogen) atoms. The highest BCUT2D eigenvalue weighted by Gasteiger charge is 2.34. The van der Waals surface area contributed by atoms with E-state index in [1.165, 1.54) is 4.88 Å². The zero-order valence-corrected chi connectivity index (χ0v) is 19.0. The number of aldehydes is 1. The number of aryl methyl sites for hydroxylation is 1. The van der Waals surface area contributed by atoms with Crippen LogP contribution in [0.25, 0.3) is 10.6 Å². The molecule has 1 aromatic heterocycles. The van der Waals surface area contributed by atoms with Gasteiger partial charge in [-0.1, -0.05) is 24.3 Å². The number of ether oxygens (including phenoxy) is 2. The van der Waals surface area contributed by atoms with E-state index < -0.39 is 0 Å². The molecular weight excluding hydrogens is 408 g/mol. The van der Waals surface area contributed by atoms with Crippen LogP contribution in [-0.4, -0.2) is 36.4 Å². The van der Waals surface area contributed by atoms with Gasteiger partial charge in [0.2, 0.25) is 0 Å². The molecular formula is C25H28N2O3S. The molecule has 0 amide bonds. The molecule has 6 heteroatoms. The number of carbonyl (C=O) groups is 1. The van der Waals surface area contributed by atoms with Gasteiger partial charge in [0.1, 0.15) is 22.8 Å². The number of thiazole rings is 1. The quantitative estimate of drug-likeness (QED) is 0.462. The molecule has 5 nitrogen and oxygen atoms in total. The fourth-order valence-corrected chi connectivity index (χ4v) is 5.24.